The molecule has 1 aliphatic rings. The first-order valence-corrected chi connectivity index (χ1v) is 8.48. The minimum atomic E-state index is -3.28. The van der Waals surface area contributed by atoms with Gasteiger partial charge in [-0.1, -0.05) is 0 Å². The van der Waals surface area contributed by atoms with Crippen LogP contribution in [0.15, 0.2) is 0 Å². The molecule has 7 heteroatoms. The van der Waals surface area contributed by atoms with Crippen LogP contribution in [0.1, 0.15) is 33.6 Å². The van der Waals surface area contributed by atoms with E-state index >= 15 is 0 Å². The standard InChI is InChI=1S/C12H25N3O3S/c1-9-5-6-10(7-13-9)11(16)14-8-12(2,3)15-19(4,17)18/h9-10,13,15H,5-8H2,1-4H3,(H,14,16). The summed E-state index contributed by atoms with van der Waals surface area (Å²) >= 11 is 0. The lowest BCUT2D eigenvalue weighted by atomic mass is 9.94. The third-order valence-electron chi connectivity index (χ3n) is 3.20. The van der Waals surface area contributed by atoms with Gasteiger partial charge >= 0.3 is 0 Å². The van der Waals surface area contributed by atoms with Gasteiger partial charge < -0.3 is 10.6 Å². The Labute approximate surface area is 115 Å². The molecule has 1 amide bonds. The molecule has 1 heterocycles. The first-order chi connectivity index (χ1) is 8.59. The molecule has 2 unspecified atom stereocenters. The van der Waals surface area contributed by atoms with Gasteiger partial charge in [0.2, 0.25) is 15.9 Å². The largest absolute Gasteiger partial charge is 0.354 e. The number of carbonyl (C=O) groups is 1. The number of piperidine rings is 1. The molecule has 0 saturated carbocycles. The molecule has 0 aromatic heterocycles. The third kappa shape index (κ3) is 6.35. The van der Waals surface area contributed by atoms with Crippen molar-refractivity contribution in [1.82, 2.24) is 15.4 Å². The average Bonchev–Trinajstić information content (AvgIpc) is 2.24. The van der Waals surface area contributed by atoms with E-state index in [1.807, 2.05) is 0 Å². The molecule has 0 aromatic rings. The maximum atomic E-state index is 12.0. The third-order valence-corrected chi connectivity index (χ3v) is 4.12. The van der Waals surface area contributed by atoms with Crippen LogP contribution in [0.5, 0.6) is 0 Å². The molecule has 6 nitrogen and oxygen atoms in total. The summed E-state index contributed by atoms with van der Waals surface area (Å²) in [6.07, 6.45) is 2.98. The Morgan fingerprint density at radius 1 is 1.37 bits per heavy atom. The molecule has 0 aliphatic carbocycles. The zero-order valence-electron chi connectivity index (χ0n) is 12.1. The molecule has 1 fully saturated rings. The van der Waals surface area contributed by atoms with Crippen molar-refractivity contribution in [2.75, 3.05) is 19.3 Å². The Kier molecular flexibility index (Phi) is 5.34. The fourth-order valence-corrected chi connectivity index (χ4v) is 3.29. The summed E-state index contributed by atoms with van der Waals surface area (Å²) in [7, 11) is -3.28. The van der Waals surface area contributed by atoms with E-state index in [4.69, 9.17) is 0 Å². The topological polar surface area (TPSA) is 87.3 Å². The molecule has 0 aromatic carbocycles. The fraction of sp³-hybridized carbons (Fsp3) is 0.917. The van der Waals surface area contributed by atoms with Crippen molar-refractivity contribution < 1.29 is 13.2 Å². The highest BCUT2D eigenvalue weighted by Crippen LogP contribution is 2.14. The normalized spacial score (nSPS) is 25.1. The Balaban J connectivity index is 2.41. The summed E-state index contributed by atoms with van der Waals surface area (Å²) < 4.78 is 24.9. The van der Waals surface area contributed by atoms with Gasteiger partial charge in [0.05, 0.1) is 12.2 Å². The molecule has 19 heavy (non-hydrogen) atoms. The lowest BCUT2D eigenvalue weighted by molar-refractivity contribution is -0.125. The van der Waals surface area contributed by atoms with Gasteiger partial charge in [0.1, 0.15) is 0 Å². The highest BCUT2D eigenvalue weighted by Gasteiger charge is 2.27. The van der Waals surface area contributed by atoms with Gasteiger partial charge in [-0.2, -0.15) is 0 Å². The van der Waals surface area contributed by atoms with E-state index in [0.717, 1.165) is 19.1 Å². The van der Waals surface area contributed by atoms with Crippen LogP contribution in [0.4, 0.5) is 0 Å². The minimum absolute atomic E-state index is 0.0113. The maximum Gasteiger partial charge on any atom is 0.224 e. The van der Waals surface area contributed by atoms with E-state index in [1.54, 1.807) is 13.8 Å². The van der Waals surface area contributed by atoms with Crippen LogP contribution in [0.3, 0.4) is 0 Å². The van der Waals surface area contributed by atoms with Gasteiger partial charge in [-0.15, -0.1) is 0 Å². The molecule has 3 N–H and O–H groups in total. The molecule has 1 rings (SSSR count). The summed E-state index contributed by atoms with van der Waals surface area (Å²) in [5.74, 6) is -0.0343. The van der Waals surface area contributed by atoms with E-state index in [0.29, 0.717) is 12.6 Å². The van der Waals surface area contributed by atoms with Crippen molar-refractivity contribution in [3.8, 4) is 0 Å². The van der Waals surface area contributed by atoms with Crippen molar-refractivity contribution in [2.24, 2.45) is 5.92 Å². The van der Waals surface area contributed by atoms with Gasteiger partial charge in [-0.25, -0.2) is 13.1 Å². The van der Waals surface area contributed by atoms with Crippen LogP contribution < -0.4 is 15.4 Å². The molecule has 0 bridgehead atoms. The van der Waals surface area contributed by atoms with E-state index in [1.165, 1.54) is 0 Å². The van der Waals surface area contributed by atoms with E-state index < -0.39 is 15.6 Å². The van der Waals surface area contributed by atoms with Crippen molar-refractivity contribution in [1.29, 1.82) is 0 Å². The predicted molar refractivity (Wildman–Crippen MR) is 75.3 cm³/mol. The number of sulfonamides is 1. The lowest BCUT2D eigenvalue weighted by Crippen LogP contribution is -2.53. The number of carbonyl (C=O) groups excluding carboxylic acids is 1. The van der Waals surface area contributed by atoms with Gasteiger partial charge in [-0.3, -0.25) is 4.79 Å². The highest BCUT2D eigenvalue weighted by atomic mass is 32.2. The minimum Gasteiger partial charge on any atom is -0.354 e. The lowest BCUT2D eigenvalue weighted by Gasteiger charge is -2.29. The molecule has 1 saturated heterocycles. The molecule has 0 radical (unpaired) electrons. The van der Waals surface area contributed by atoms with Crippen LogP contribution in [0.2, 0.25) is 0 Å². The SMILES string of the molecule is CC1CCC(C(=O)NCC(C)(C)NS(C)(=O)=O)CN1. The van der Waals surface area contributed by atoms with E-state index in [2.05, 4.69) is 22.3 Å². The van der Waals surface area contributed by atoms with Crippen molar-refractivity contribution in [3.05, 3.63) is 0 Å². The van der Waals surface area contributed by atoms with Gasteiger partial charge in [0.25, 0.3) is 0 Å². The molecular formula is C12H25N3O3S. The maximum absolute atomic E-state index is 12.0. The van der Waals surface area contributed by atoms with Crippen LogP contribution in [0, 0.1) is 5.92 Å². The zero-order chi connectivity index (χ0) is 14.7. The summed E-state index contributed by atoms with van der Waals surface area (Å²) in [6.45, 7) is 6.57. The second kappa shape index (κ2) is 6.19. The second-order valence-corrected chi connectivity index (χ2v) is 7.81. The van der Waals surface area contributed by atoms with Crippen molar-refractivity contribution >= 4 is 15.9 Å². The molecular weight excluding hydrogens is 266 g/mol. The Morgan fingerprint density at radius 2 is 2.00 bits per heavy atom. The molecule has 0 spiro atoms. The van der Waals surface area contributed by atoms with Crippen LogP contribution >= 0.6 is 0 Å². The van der Waals surface area contributed by atoms with Crippen molar-refractivity contribution in [2.45, 2.75) is 45.2 Å². The quantitative estimate of drug-likeness (QED) is 0.656. The predicted octanol–water partition coefficient (Wildman–Crippen LogP) is -0.181. The Morgan fingerprint density at radius 3 is 2.47 bits per heavy atom. The Bertz CT molecular complexity index is 412. The summed E-state index contributed by atoms with van der Waals surface area (Å²) in [5, 5.41) is 6.10. The number of hydrogen-bond acceptors (Lipinski definition) is 4. The van der Waals surface area contributed by atoms with E-state index in [-0.39, 0.29) is 18.4 Å². The second-order valence-electron chi connectivity index (χ2n) is 6.06. The van der Waals surface area contributed by atoms with Gasteiger partial charge in [-0.05, 0) is 33.6 Å². The van der Waals surface area contributed by atoms with E-state index in [9.17, 15) is 13.2 Å². The summed E-state index contributed by atoms with van der Waals surface area (Å²) in [5.41, 5.74) is -0.682. The number of rotatable bonds is 5. The highest BCUT2D eigenvalue weighted by molar-refractivity contribution is 7.88. The number of amides is 1. The molecule has 112 valence electrons. The Hall–Kier alpha value is -0.660. The average molecular weight is 291 g/mol. The summed E-state index contributed by atoms with van der Waals surface area (Å²) in [6, 6.07) is 0.465. The molecule has 1 aliphatic heterocycles. The van der Waals surface area contributed by atoms with Gasteiger partial charge in [0.15, 0.2) is 0 Å². The fourth-order valence-electron chi connectivity index (χ4n) is 2.21. The smallest absolute Gasteiger partial charge is 0.224 e. The number of hydrogen-bond donors (Lipinski definition) is 3. The van der Waals surface area contributed by atoms with Crippen molar-refractivity contribution in [3.63, 3.8) is 0 Å². The van der Waals surface area contributed by atoms with Crippen LogP contribution in [0.25, 0.3) is 0 Å². The monoisotopic (exact) mass is 291 g/mol. The van der Waals surface area contributed by atoms with Gasteiger partial charge in [0, 0.05) is 24.7 Å². The van der Waals surface area contributed by atoms with Crippen LogP contribution in [-0.4, -0.2) is 45.3 Å². The first-order valence-electron chi connectivity index (χ1n) is 6.59. The molecule has 2 atom stereocenters. The summed E-state index contributed by atoms with van der Waals surface area (Å²) in [4.78, 5) is 12.0. The first kappa shape index (κ1) is 16.4. The zero-order valence-corrected chi connectivity index (χ0v) is 12.9. The number of nitrogens with one attached hydrogen (secondary N) is 3. The van der Waals surface area contributed by atoms with Crippen LogP contribution in [-0.2, 0) is 14.8 Å².